The van der Waals surface area contributed by atoms with Crippen LogP contribution in [0.3, 0.4) is 0 Å². The number of nitrogens with zero attached hydrogens (tertiary/aromatic N) is 2. The molecule has 3 aromatic heterocycles. The number of benzene rings is 1. The van der Waals surface area contributed by atoms with E-state index in [1.54, 1.807) is 17.0 Å². The first-order valence-electron chi connectivity index (χ1n) is 10.2. The van der Waals surface area contributed by atoms with Crippen molar-refractivity contribution in [3.05, 3.63) is 59.3 Å². The molecule has 4 rings (SSSR count). The lowest BCUT2D eigenvalue weighted by Gasteiger charge is -2.20. The first-order chi connectivity index (χ1) is 15.1. The zero-order chi connectivity index (χ0) is 21.8. The molecule has 0 saturated heterocycles. The zero-order valence-corrected chi connectivity index (χ0v) is 18.2. The Hall–Kier alpha value is -3.39. The summed E-state index contributed by atoms with van der Waals surface area (Å²) >= 11 is 1.50. The maximum absolute atomic E-state index is 13.2. The molecule has 1 aromatic carbocycles. The molecule has 160 valence electrons. The Morgan fingerprint density at radius 1 is 1.10 bits per heavy atom. The van der Waals surface area contributed by atoms with E-state index in [1.807, 2.05) is 49.6 Å². The molecule has 0 aliphatic heterocycles. The number of furan rings is 1. The number of fused-ring (bicyclic) bond motifs is 1. The molecule has 31 heavy (non-hydrogen) atoms. The highest BCUT2D eigenvalue weighted by Gasteiger charge is 2.27. The highest BCUT2D eigenvalue weighted by molar-refractivity contribution is 7.13. The largest absolute Gasteiger partial charge is 0.449 e. The van der Waals surface area contributed by atoms with E-state index in [2.05, 4.69) is 10.5 Å². The maximum Gasteiger partial charge on any atom is 0.291 e. The Balaban J connectivity index is 1.67. The Bertz CT molecular complexity index is 1190. The van der Waals surface area contributed by atoms with Crippen molar-refractivity contribution in [1.82, 2.24) is 10.1 Å². The molecule has 0 bridgehead atoms. The lowest BCUT2D eigenvalue weighted by atomic mass is 10.2. The molecule has 7 nitrogen and oxygen atoms in total. The van der Waals surface area contributed by atoms with E-state index >= 15 is 0 Å². The van der Waals surface area contributed by atoms with E-state index < -0.39 is 5.91 Å². The van der Waals surface area contributed by atoms with Gasteiger partial charge in [0.05, 0.1) is 4.88 Å². The van der Waals surface area contributed by atoms with Gasteiger partial charge in [0.1, 0.15) is 11.3 Å². The second-order valence-electron chi connectivity index (χ2n) is 7.10. The summed E-state index contributed by atoms with van der Waals surface area (Å²) in [6.07, 6.45) is 1.66. The van der Waals surface area contributed by atoms with Crippen molar-refractivity contribution in [3.8, 4) is 10.6 Å². The summed E-state index contributed by atoms with van der Waals surface area (Å²) in [5.41, 5.74) is 1.02. The Morgan fingerprint density at radius 3 is 2.58 bits per heavy atom. The molecule has 0 aliphatic rings. The van der Waals surface area contributed by atoms with Crippen LogP contribution in [0.2, 0.25) is 0 Å². The normalized spacial score (nSPS) is 11.0. The summed E-state index contributed by atoms with van der Waals surface area (Å²) in [5, 5.41) is 9.31. The van der Waals surface area contributed by atoms with Gasteiger partial charge in [0.2, 0.25) is 5.76 Å². The van der Waals surface area contributed by atoms with E-state index in [0.29, 0.717) is 35.5 Å². The maximum atomic E-state index is 13.2. The number of carbonyl (C=O) groups is 2. The van der Waals surface area contributed by atoms with Crippen LogP contribution in [-0.4, -0.2) is 35.0 Å². The minimum Gasteiger partial charge on any atom is -0.449 e. The average Bonchev–Trinajstić information content (AvgIpc) is 3.53. The number of thiophene rings is 1. The van der Waals surface area contributed by atoms with Crippen LogP contribution in [0.25, 0.3) is 21.6 Å². The van der Waals surface area contributed by atoms with E-state index in [1.165, 1.54) is 11.3 Å². The van der Waals surface area contributed by atoms with Crippen LogP contribution >= 0.6 is 11.3 Å². The highest BCUT2D eigenvalue weighted by Crippen LogP contribution is 2.33. The number of hydrogen-bond acceptors (Lipinski definition) is 6. The molecule has 0 saturated carbocycles. The third kappa shape index (κ3) is 4.25. The van der Waals surface area contributed by atoms with Crippen molar-refractivity contribution < 1.29 is 18.5 Å². The van der Waals surface area contributed by atoms with Gasteiger partial charge in [-0.05, 0) is 36.4 Å². The van der Waals surface area contributed by atoms with E-state index in [-0.39, 0.29) is 17.4 Å². The van der Waals surface area contributed by atoms with Crippen LogP contribution in [0.15, 0.2) is 56.8 Å². The van der Waals surface area contributed by atoms with Gasteiger partial charge in [0.15, 0.2) is 11.5 Å². The second kappa shape index (κ2) is 9.18. The van der Waals surface area contributed by atoms with Gasteiger partial charge in [-0.15, -0.1) is 11.3 Å². The second-order valence-corrected chi connectivity index (χ2v) is 8.05. The van der Waals surface area contributed by atoms with Crippen LogP contribution in [-0.2, 0) is 0 Å². The minimum absolute atomic E-state index is 0.124. The van der Waals surface area contributed by atoms with E-state index in [4.69, 9.17) is 8.94 Å². The van der Waals surface area contributed by atoms with Crippen molar-refractivity contribution in [1.29, 1.82) is 0 Å². The predicted octanol–water partition coefficient (Wildman–Crippen LogP) is 5.66. The van der Waals surface area contributed by atoms with Gasteiger partial charge < -0.3 is 19.2 Å². The van der Waals surface area contributed by atoms with Crippen molar-refractivity contribution in [2.45, 2.75) is 26.7 Å². The number of para-hydroxylation sites is 1. The fourth-order valence-corrected chi connectivity index (χ4v) is 4.09. The van der Waals surface area contributed by atoms with Gasteiger partial charge in [-0.1, -0.05) is 37.2 Å². The van der Waals surface area contributed by atoms with E-state index in [0.717, 1.165) is 17.7 Å². The number of anilines is 1. The number of hydrogen-bond donors (Lipinski definition) is 1. The molecule has 0 atom stereocenters. The molecule has 0 fully saturated rings. The van der Waals surface area contributed by atoms with Crippen molar-refractivity contribution >= 4 is 39.8 Å². The Kier molecular flexibility index (Phi) is 6.18. The summed E-state index contributed by atoms with van der Waals surface area (Å²) in [4.78, 5) is 28.8. The number of rotatable bonds is 8. The van der Waals surface area contributed by atoms with Crippen LogP contribution in [0, 0.1) is 0 Å². The van der Waals surface area contributed by atoms with Gasteiger partial charge in [-0.2, -0.15) is 0 Å². The van der Waals surface area contributed by atoms with Gasteiger partial charge in [0, 0.05) is 24.5 Å². The standard InChI is InChI=1S/C23H23N3O4S/c1-3-11-26(12-4-2)23(28)21-20(15-8-5-6-9-17(15)29-21)24-22(27)16-14-18(30-25-16)19-10-7-13-31-19/h5-10,13-14H,3-4,11-12H2,1-2H3,(H,24,27). The Labute approximate surface area is 183 Å². The number of nitrogens with one attached hydrogen (secondary N) is 1. The molecular formula is C23H23N3O4S. The topological polar surface area (TPSA) is 88.6 Å². The van der Waals surface area contributed by atoms with Crippen LogP contribution in [0.4, 0.5) is 5.69 Å². The third-order valence-corrected chi connectivity index (χ3v) is 5.69. The highest BCUT2D eigenvalue weighted by atomic mass is 32.1. The van der Waals surface area contributed by atoms with Gasteiger partial charge in [0.25, 0.3) is 11.8 Å². The molecular weight excluding hydrogens is 414 g/mol. The van der Waals surface area contributed by atoms with Crippen LogP contribution in [0.1, 0.15) is 47.7 Å². The molecule has 4 aromatic rings. The number of amides is 2. The van der Waals surface area contributed by atoms with Crippen molar-refractivity contribution in [3.63, 3.8) is 0 Å². The predicted molar refractivity (Wildman–Crippen MR) is 120 cm³/mol. The fraction of sp³-hybridized carbons (Fsp3) is 0.261. The third-order valence-electron chi connectivity index (χ3n) is 4.81. The molecule has 0 unspecified atom stereocenters. The summed E-state index contributed by atoms with van der Waals surface area (Å²) in [6, 6.07) is 12.6. The lowest BCUT2D eigenvalue weighted by Crippen LogP contribution is -2.32. The number of aromatic nitrogens is 1. The number of carbonyl (C=O) groups excluding carboxylic acids is 2. The smallest absolute Gasteiger partial charge is 0.291 e. The quantitative estimate of drug-likeness (QED) is 0.384. The first kappa shape index (κ1) is 20.9. The zero-order valence-electron chi connectivity index (χ0n) is 17.4. The van der Waals surface area contributed by atoms with Crippen molar-refractivity contribution in [2.75, 3.05) is 18.4 Å². The molecule has 8 heteroatoms. The molecule has 1 N–H and O–H groups in total. The summed E-state index contributed by atoms with van der Waals surface area (Å²) in [6.45, 7) is 5.27. The van der Waals surface area contributed by atoms with Gasteiger partial charge in [-0.25, -0.2) is 0 Å². The monoisotopic (exact) mass is 437 g/mol. The average molecular weight is 438 g/mol. The molecule has 3 heterocycles. The fourth-order valence-electron chi connectivity index (χ4n) is 3.41. The van der Waals surface area contributed by atoms with Crippen molar-refractivity contribution in [2.24, 2.45) is 0 Å². The SMILES string of the molecule is CCCN(CCC)C(=O)c1oc2ccccc2c1NC(=O)c1cc(-c2cccs2)on1. The minimum atomic E-state index is -0.468. The molecule has 0 aliphatic carbocycles. The summed E-state index contributed by atoms with van der Waals surface area (Å²) < 4.78 is 11.2. The molecule has 0 radical (unpaired) electrons. The summed E-state index contributed by atoms with van der Waals surface area (Å²) in [7, 11) is 0. The lowest BCUT2D eigenvalue weighted by molar-refractivity contribution is 0.0727. The van der Waals surface area contributed by atoms with Crippen LogP contribution < -0.4 is 5.32 Å². The van der Waals surface area contributed by atoms with Gasteiger partial charge in [-0.3, -0.25) is 9.59 Å². The van der Waals surface area contributed by atoms with Crippen LogP contribution in [0.5, 0.6) is 0 Å². The molecule has 0 spiro atoms. The first-order valence-corrected chi connectivity index (χ1v) is 11.1. The van der Waals surface area contributed by atoms with Gasteiger partial charge >= 0.3 is 0 Å². The summed E-state index contributed by atoms with van der Waals surface area (Å²) in [5.74, 6) is -0.0664. The Morgan fingerprint density at radius 2 is 1.87 bits per heavy atom. The van der Waals surface area contributed by atoms with E-state index in [9.17, 15) is 9.59 Å². The molecule has 2 amide bonds.